The van der Waals surface area contributed by atoms with Gasteiger partial charge in [-0.1, -0.05) is 36.5 Å². The quantitative estimate of drug-likeness (QED) is 0.857. The van der Waals surface area contributed by atoms with Crippen LogP contribution >= 0.6 is 12.2 Å². The van der Waals surface area contributed by atoms with E-state index in [-0.39, 0.29) is 0 Å². The molecule has 20 heavy (non-hydrogen) atoms. The SMILES string of the molecule is CCN(c1cccc(C)c1)c1c(C)cccc1C(N)=S. The zero-order valence-corrected chi connectivity index (χ0v) is 13.0. The number of nitrogens with zero attached hydrogens (tertiary/aromatic N) is 1. The molecule has 0 spiro atoms. The minimum Gasteiger partial charge on any atom is -0.389 e. The van der Waals surface area contributed by atoms with E-state index in [1.807, 2.05) is 12.1 Å². The van der Waals surface area contributed by atoms with Crippen molar-refractivity contribution < 1.29 is 0 Å². The molecule has 0 aliphatic rings. The van der Waals surface area contributed by atoms with Gasteiger partial charge in [-0.2, -0.15) is 0 Å². The second kappa shape index (κ2) is 6.06. The molecule has 0 saturated carbocycles. The van der Waals surface area contributed by atoms with Crippen molar-refractivity contribution in [3.8, 4) is 0 Å². The number of anilines is 2. The highest BCUT2D eigenvalue weighted by Gasteiger charge is 2.15. The van der Waals surface area contributed by atoms with E-state index in [4.69, 9.17) is 18.0 Å². The summed E-state index contributed by atoms with van der Waals surface area (Å²) in [5.74, 6) is 0. The Morgan fingerprint density at radius 2 is 1.85 bits per heavy atom. The van der Waals surface area contributed by atoms with Gasteiger partial charge >= 0.3 is 0 Å². The lowest BCUT2D eigenvalue weighted by Gasteiger charge is -2.27. The topological polar surface area (TPSA) is 29.3 Å². The van der Waals surface area contributed by atoms with Crippen molar-refractivity contribution >= 4 is 28.6 Å². The second-order valence-corrected chi connectivity index (χ2v) is 5.36. The van der Waals surface area contributed by atoms with E-state index in [0.29, 0.717) is 4.99 Å². The van der Waals surface area contributed by atoms with Crippen LogP contribution in [0.4, 0.5) is 11.4 Å². The normalized spacial score (nSPS) is 10.3. The fraction of sp³-hybridized carbons (Fsp3) is 0.235. The van der Waals surface area contributed by atoms with Crippen LogP contribution in [0.5, 0.6) is 0 Å². The summed E-state index contributed by atoms with van der Waals surface area (Å²) >= 11 is 5.20. The predicted molar refractivity (Wildman–Crippen MR) is 90.9 cm³/mol. The summed E-state index contributed by atoms with van der Waals surface area (Å²) in [4.78, 5) is 2.70. The van der Waals surface area contributed by atoms with Gasteiger partial charge in [-0.25, -0.2) is 0 Å². The van der Waals surface area contributed by atoms with Gasteiger partial charge < -0.3 is 10.6 Å². The number of benzene rings is 2. The molecule has 0 saturated heterocycles. The van der Waals surface area contributed by atoms with Crippen LogP contribution in [0.3, 0.4) is 0 Å². The van der Waals surface area contributed by atoms with Gasteiger partial charge in [0.05, 0.1) is 5.69 Å². The van der Waals surface area contributed by atoms with Crippen LogP contribution in [-0.2, 0) is 0 Å². The molecule has 2 N–H and O–H groups in total. The van der Waals surface area contributed by atoms with Crippen molar-refractivity contribution in [3.05, 3.63) is 59.2 Å². The molecule has 2 nitrogen and oxygen atoms in total. The summed E-state index contributed by atoms with van der Waals surface area (Å²) < 4.78 is 0. The number of aryl methyl sites for hydroxylation is 2. The molecule has 2 rings (SSSR count). The Hall–Kier alpha value is -1.87. The first-order valence-electron chi connectivity index (χ1n) is 6.78. The maximum Gasteiger partial charge on any atom is 0.106 e. The van der Waals surface area contributed by atoms with E-state index < -0.39 is 0 Å². The van der Waals surface area contributed by atoms with Crippen molar-refractivity contribution in [2.45, 2.75) is 20.8 Å². The van der Waals surface area contributed by atoms with E-state index in [1.165, 1.54) is 16.8 Å². The third-order valence-corrected chi connectivity index (χ3v) is 3.62. The lowest BCUT2D eigenvalue weighted by Crippen LogP contribution is -2.22. The average Bonchev–Trinajstić information content (AvgIpc) is 2.41. The van der Waals surface area contributed by atoms with Crippen molar-refractivity contribution in [2.75, 3.05) is 11.4 Å². The zero-order chi connectivity index (χ0) is 14.7. The largest absolute Gasteiger partial charge is 0.389 e. The molecule has 0 aromatic heterocycles. The minimum absolute atomic E-state index is 0.440. The fourth-order valence-electron chi connectivity index (χ4n) is 2.48. The third kappa shape index (κ3) is 2.83. The van der Waals surface area contributed by atoms with E-state index in [2.05, 4.69) is 56.0 Å². The third-order valence-electron chi connectivity index (χ3n) is 3.40. The summed E-state index contributed by atoms with van der Waals surface area (Å²) in [7, 11) is 0. The number of nitrogens with two attached hydrogens (primary N) is 1. The van der Waals surface area contributed by atoms with E-state index >= 15 is 0 Å². The minimum atomic E-state index is 0.440. The Balaban J connectivity index is 2.60. The predicted octanol–water partition coefficient (Wildman–Crippen LogP) is 4.10. The first kappa shape index (κ1) is 14.5. The summed E-state index contributed by atoms with van der Waals surface area (Å²) in [6, 6.07) is 14.6. The molecule has 0 fully saturated rings. The van der Waals surface area contributed by atoms with Crippen LogP contribution in [0.1, 0.15) is 23.6 Å². The van der Waals surface area contributed by atoms with Crippen LogP contribution < -0.4 is 10.6 Å². The van der Waals surface area contributed by atoms with Gasteiger partial charge in [0.2, 0.25) is 0 Å². The molecule has 0 aliphatic heterocycles. The Bertz CT molecular complexity index is 635. The molecule has 0 bridgehead atoms. The van der Waals surface area contributed by atoms with Gasteiger partial charge in [0.15, 0.2) is 0 Å². The van der Waals surface area contributed by atoms with Gasteiger partial charge in [0.1, 0.15) is 4.99 Å². The number of thiocarbonyl (C=S) groups is 1. The Labute approximate surface area is 126 Å². The van der Waals surface area contributed by atoms with Gasteiger partial charge in [0.25, 0.3) is 0 Å². The molecule has 0 heterocycles. The van der Waals surface area contributed by atoms with Crippen molar-refractivity contribution in [1.29, 1.82) is 0 Å². The number of rotatable bonds is 4. The van der Waals surface area contributed by atoms with Crippen LogP contribution in [0.2, 0.25) is 0 Å². The van der Waals surface area contributed by atoms with Crippen LogP contribution in [0.25, 0.3) is 0 Å². The van der Waals surface area contributed by atoms with Gasteiger partial charge in [-0.05, 0) is 50.1 Å². The lowest BCUT2D eigenvalue weighted by atomic mass is 10.1. The second-order valence-electron chi connectivity index (χ2n) is 4.92. The summed E-state index contributed by atoms with van der Waals surface area (Å²) in [5, 5.41) is 0. The first-order chi connectivity index (χ1) is 9.54. The molecule has 0 amide bonds. The molecule has 0 aliphatic carbocycles. The first-order valence-corrected chi connectivity index (χ1v) is 7.19. The standard InChI is InChI=1S/C17H20N2S/c1-4-19(14-9-5-7-12(2)11-14)16-13(3)8-6-10-15(16)17(18)20/h5-11H,4H2,1-3H3,(H2,18,20). The molecule has 0 unspecified atom stereocenters. The summed E-state index contributed by atoms with van der Waals surface area (Å²) in [6.45, 7) is 7.20. The van der Waals surface area contributed by atoms with Gasteiger partial charge in [-0.3, -0.25) is 0 Å². The molecule has 3 heteroatoms. The Morgan fingerprint density at radius 3 is 2.45 bits per heavy atom. The van der Waals surface area contributed by atoms with Crippen molar-refractivity contribution in [2.24, 2.45) is 5.73 Å². The molecular weight excluding hydrogens is 264 g/mol. The molecule has 0 radical (unpaired) electrons. The molecule has 2 aromatic carbocycles. The van der Waals surface area contributed by atoms with Gasteiger partial charge in [-0.15, -0.1) is 0 Å². The average molecular weight is 284 g/mol. The van der Waals surface area contributed by atoms with E-state index in [1.54, 1.807) is 0 Å². The number of para-hydroxylation sites is 1. The van der Waals surface area contributed by atoms with Crippen molar-refractivity contribution in [1.82, 2.24) is 0 Å². The highest BCUT2D eigenvalue weighted by Crippen LogP contribution is 2.32. The van der Waals surface area contributed by atoms with Crippen LogP contribution in [0.15, 0.2) is 42.5 Å². The van der Waals surface area contributed by atoms with Gasteiger partial charge in [0, 0.05) is 17.8 Å². The maximum atomic E-state index is 5.89. The smallest absolute Gasteiger partial charge is 0.106 e. The maximum absolute atomic E-state index is 5.89. The Kier molecular flexibility index (Phi) is 4.40. The monoisotopic (exact) mass is 284 g/mol. The van der Waals surface area contributed by atoms with E-state index in [0.717, 1.165) is 17.8 Å². The highest BCUT2D eigenvalue weighted by atomic mass is 32.1. The van der Waals surface area contributed by atoms with Crippen molar-refractivity contribution in [3.63, 3.8) is 0 Å². The van der Waals surface area contributed by atoms with Crippen LogP contribution in [-0.4, -0.2) is 11.5 Å². The van der Waals surface area contributed by atoms with E-state index in [9.17, 15) is 0 Å². The highest BCUT2D eigenvalue weighted by molar-refractivity contribution is 7.80. The number of hydrogen-bond donors (Lipinski definition) is 1. The zero-order valence-electron chi connectivity index (χ0n) is 12.2. The Morgan fingerprint density at radius 1 is 1.15 bits per heavy atom. The summed E-state index contributed by atoms with van der Waals surface area (Å²) in [6.07, 6.45) is 0. The fourth-order valence-corrected chi connectivity index (χ4v) is 2.65. The lowest BCUT2D eigenvalue weighted by molar-refractivity contribution is 1.01. The molecule has 0 atom stereocenters. The molecule has 104 valence electrons. The summed E-state index contributed by atoms with van der Waals surface area (Å²) in [5.41, 5.74) is 11.5. The molecular formula is C17H20N2S. The number of hydrogen-bond acceptors (Lipinski definition) is 2. The molecule has 2 aromatic rings. The van der Waals surface area contributed by atoms with Crippen LogP contribution in [0, 0.1) is 13.8 Å².